The molecule has 0 unspecified atom stereocenters. The first kappa shape index (κ1) is 27.2. The molecule has 0 aliphatic carbocycles. The number of piperidine rings is 3. The number of carbonyl (C=O) groups is 1. The number of hydrogen-bond donors (Lipinski definition) is 1. The van der Waals surface area contributed by atoms with Crippen molar-refractivity contribution in [2.75, 3.05) is 26.7 Å². The lowest BCUT2D eigenvalue weighted by atomic mass is 9.71. The fraction of sp³-hybridized carbons (Fsp3) is 0.720. The molecule has 2 bridgehead atoms. The Kier molecular flexibility index (Phi) is 10.1. The van der Waals surface area contributed by atoms with Gasteiger partial charge in [0, 0.05) is 25.2 Å². The topological polar surface area (TPSA) is 58.8 Å². The molecule has 3 fully saturated rings. The highest BCUT2D eigenvalue weighted by atomic mass is 35.5. The van der Waals surface area contributed by atoms with Crippen molar-refractivity contribution in [3.63, 3.8) is 0 Å². The molecule has 0 aromatic heterocycles. The molecule has 1 aromatic carbocycles. The molecule has 3 aliphatic rings. The van der Waals surface area contributed by atoms with E-state index in [4.69, 9.17) is 10.5 Å². The largest absolute Gasteiger partial charge is 0.497 e. The van der Waals surface area contributed by atoms with Crippen LogP contribution in [0.25, 0.3) is 0 Å². The molecule has 182 valence electrons. The minimum atomic E-state index is -0.358. The summed E-state index contributed by atoms with van der Waals surface area (Å²) in [4.78, 5) is 18.1. The Hall–Kier alpha value is -1.01. The molecule has 4 rings (SSSR count). The lowest BCUT2D eigenvalue weighted by Gasteiger charge is -2.57. The number of ether oxygens (including phenoxy) is 1. The van der Waals surface area contributed by atoms with E-state index in [2.05, 4.69) is 41.8 Å². The number of methoxy groups -OCH3 is 1. The molecule has 3 saturated heterocycles. The zero-order chi connectivity index (χ0) is 21.3. The summed E-state index contributed by atoms with van der Waals surface area (Å²) in [6, 6.07) is 9.25. The second kappa shape index (κ2) is 11.9. The molecule has 0 saturated carbocycles. The van der Waals surface area contributed by atoms with Gasteiger partial charge in [-0.25, -0.2) is 0 Å². The molecule has 5 atom stereocenters. The van der Waals surface area contributed by atoms with Crippen LogP contribution in [0, 0.1) is 17.8 Å². The van der Waals surface area contributed by atoms with Crippen LogP contribution in [0.1, 0.15) is 51.5 Å². The first-order valence-electron chi connectivity index (χ1n) is 11.9. The molecular formula is C25H41Cl2N3O2. The summed E-state index contributed by atoms with van der Waals surface area (Å²) in [6.45, 7) is 7.24. The van der Waals surface area contributed by atoms with Crippen molar-refractivity contribution in [1.29, 1.82) is 0 Å². The van der Waals surface area contributed by atoms with Gasteiger partial charge in [-0.05, 0) is 74.1 Å². The van der Waals surface area contributed by atoms with E-state index in [1.807, 2.05) is 6.07 Å². The van der Waals surface area contributed by atoms with E-state index in [1.54, 1.807) is 7.11 Å². The average molecular weight is 487 g/mol. The summed E-state index contributed by atoms with van der Waals surface area (Å²) in [7, 11) is 1.73. The smallest absolute Gasteiger partial charge is 0.239 e. The van der Waals surface area contributed by atoms with Crippen molar-refractivity contribution in [2.24, 2.45) is 23.5 Å². The van der Waals surface area contributed by atoms with Gasteiger partial charge in [0.15, 0.2) is 0 Å². The van der Waals surface area contributed by atoms with Gasteiger partial charge >= 0.3 is 0 Å². The Morgan fingerprint density at radius 3 is 2.66 bits per heavy atom. The average Bonchev–Trinajstić information content (AvgIpc) is 2.75. The predicted octanol–water partition coefficient (Wildman–Crippen LogP) is 4.16. The van der Waals surface area contributed by atoms with Crippen LogP contribution in [0.15, 0.2) is 24.3 Å². The summed E-state index contributed by atoms with van der Waals surface area (Å²) in [5, 5.41) is 0. The van der Waals surface area contributed by atoms with E-state index < -0.39 is 0 Å². The highest BCUT2D eigenvalue weighted by molar-refractivity contribution is 5.85. The van der Waals surface area contributed by atoms with Gasteiger partial charge < -0.3 is 15.4 Å². The number of likely N-dealkylation sites (tertiary alicyclic amines) is 1. The second-order valence-electron chi connectivity index (χ2n) is 10.2. The van der Waals surface area contributed by atoms with Gasteiger partial charge in [0.25, 0.3) is 0 Å². The molecule has 3 heterocycles. The molecule has 0 radical (unpaired) electrons. The minimum absolute atomic E-state index is 0. The van der Waals surface area contributed by atoms with Crippen LogP contribution >= 0.6 is 24.8 Å². The number of amides is 1. The van der Waals surface area contributed by atoms with E-state index in [1.165, 1.54) is 37.8 Å². The summed E-state index contributed by atoms with van der Waals surface area (Å²) in [5.41, 5.74) is 7.64. The third-order valence-corrected chi connectivity index (χ3v) is 7.55. The van der Waals surface area contributed by atoms with Gasteiger partial charge in [0.2, 0.25) is 5.91 Å². The first-order chi connectivity index (χ1) is 14.5. The van der Waals surface area contributed by atoms with Crippen LogP contribution < -0.4 is 10.5 Å². The standard InChI is InChI=1S/C25H39N3O2.2ClH/c1-17(2)11-22(26)25(29)27-15-19-14-20(16-27)24(28-10-5-4-9-23(19)28)13-18-7-6-8-21(12-18)30-3;;/h6-8,12,17,19-20,22-24H,4-5,9-11,13-16,26H2,1-3H3;2*1H/t19-,20+,22+,23+,24+;;/m1../s1. The van der Waals surface area contributed by atoms with Crippen LogP contribution in [0.4, 0.5) is 0 Å². The van der Waals surface area contributed by atoms with Gasteiger partial charge in [0.1, 0.15) is 5.75 Å². The zero-order valence-corrected chi connectivity index (χ0v) is 21.4. The van der Waals surface area contributed by atoms with Crippen LogP contribution in [0.3, 0.4) is 0 Å². The molecule has 1 aromatic rings. The lowest BCUT2D eigenvalue weighted by Crippen LogP contribution is -2.65. The molecule has 5 nitrogen and oxygen atoms in total. The zero-order valence-electron chi connectivity index (χ0n) is 19.7. The number of hydrogen-bond acceptors (Lipinski definition) is 4. The van der Waals surface area contributed by atoms with Gasteiger partial charge in [-0.2, -0.15) is 0 Å². The minimum Gasteiger partial charge on any atom is -0.497 e. The van der Waals surface area contributed by atoms with Crippen LogP contribution in [0.2, 0.25) is 0 Å². The molecular weight excluding hydrogens is 445 g/mol. The maximum absolute atomic E-state index is 13.1. The number of halogens is 2. The Bertz CT molecular complexity index is 748. The fourth-order valence-corrected chi connectivity index (χ4v) is 6.25. The Labute approximate surface area is 206 Å². The molecule has 32 heavy (non-hydrogen) atoms. The maximum atomic E-state index is 13.1. The van der Waals surface area contributed by atoms with Crippen LogP contribution in [0.5, 0.6) is 5.75 Å². The van der Waals surface area contributed by atoms with Gasteiger partial charge in [0.05, 0.1) is 13.2 Å². The Balaban J connectivity index is 0.00000181. The summed E-state index contributed by atoms with van der Waals surface area (Å²) >= 11 is 0. The lowest BCUT2D eigenvalue weighted by molar-refractivity contribution is -0.142. The second-order valence-corrected chi connectivity index (χ2v) is 10.2. The van der Waals surface area contributed by atoms with Gasteiger partial charge in [-0.15, -0.1) is 24.8 Å². The normalized spacial score (nSPS) is 28.2. The summed E-state index contributed by atoms with van der Waals surface area (Å²) in [6.07, 6.45) is 6.94. The molecule has 1 amide bonds. The summed E-state index contributed by atoms with van der Waals surface area (Å²) < 4.78 is 5.46. The van der Waals surface area contributed by atoms with Crippen LogP contribution in [-0.2, 0) is 11.2 Å². The van der Waals surface area contributed by atoms with Crippen LogP contribution in [-0.4, -0.2) is 60.6 Å². The number of rotatable bonds is 6. The Morgan fingerprint density at radius 2 is 1.94 bits per heavy atom. The quantitative estimate of drug-likeness (QED) is 0.656. The molecule has 3 aliphatic heterocycles. The third-order valence-electron chi connectivity index (χ3n) is 7.55. The monoisotopic (exact) mass is 485 g/mol. The third kappa shape index (κ3) is 5.91. The molecule has 7 heteroatoms. The fourth-order valence-electron chi connectivity index (χ4n) is 6.25. The van der Waals surface area contributed by atoms with Crippen molar-refractivity contribution in [3.8, 4) is 5.75 Å². The van der Waals surface area contributed by atoms with E-state index in [0.29, 0.717) is 29.8 Å². The van der Waals surface area contributed by atoms with Crippen molar-refractivity contribution in [3.05, 3.63) is 29.8 Å². The van der Waals surface area contributed by atoms with E-state index in [-0.39, 0.29) is 36.8 Å². The highest BCUT2D eigenvalue weighted by Crippen LogP contribution is 2.42. The number of nitrogens with zero attached hydrogens (tertiary/aromatic N) is 2. The maximum Gasteiger partial charge on any atom is 0.239 e. The van der Waals surface area contributed by atoms with Gasteiger partial charge in [-0.3, -0.25) is 9.69 Å². The van der Waals surface area contributed by atoms with E-state index >= 15 is 0 Å². The Morgan fingerprint density at radius 1 is 1.19 bits per heavy atom. The number of carbonyl (C=O) groups excluding carboxylic acids is 1. The van der Waals surface area contributed by atoms with Crippen molar-refractivity contribution < 1.29 is 9.53 Å². The van der Waals surface area contributed by atoms with Crippen molar-refractivity contribution in [1.82, 2.24) is 9.80 Å². The number of nitrogens with two attached hydrogens (primary N) is 1. The van der Waals surface area contributed by atoms with E-state index in [0.717, 1.165) is 31.7 Å². The summed E-state index contributed by atoms with van der Waals surface area (Å²) in [5.74, 6) is 2.67. The van der Waals surface area contributed by atoms with Gasteiger partial charge in [-0.1, -0.05) is 32.4 Å². The number of benzene rings is 1. The predicted molar refractivity (Wildman–Crippen MR) is 135 cm³/mol. The number of fused-ring (bicyclic) bond motifs is 4. The van der Waals surface area contributed by atoms with E-state index in [9.17, 15) is 4.79 Å². The van der Waals surface area contributed by atoms with Crippen molar-refractivity contribution in [2.45, 2.75) is 70.5 Å². The van der Waals surface area contributed by atoms with Crippen molar-refractivity contribution >= 4 is 30.7 Å². The SMILES string of the molecule is COc1cccc(C[C@H]2[C@H]3C[C@H](CN(C(=O)[C@@H](N)CC(C)C)C3)[C@@H]3CCCCN32)c1.Cl.Cl. The first-order valence-corrected chi connectivity index (χ1v) is 11.9. The molecule has 0 spiro atoms. The molecule has 2 N–H and O–H groups in total. The highest BCUT2D eigenvalue weighted by Gasteiger charge is 2.48.